The number of aryl methyl sites for hydroxylation is 2. The maximum absolute atomic E-state index is 12.3. The molecule has 1 saturated heterocycles. The molecule has 0 spiro atoms. The average molecular weight is 368 g/mol. The summed E-state index contributed by atoms with van der Waals surface area (Å²) in [6.07, 6.45) is 0. The van der Waals surface area contributed by atoms with Crippen LogP contribution in [0.1, 0.15) is 28.6 Å². The predicted molar refractivity (Wildman–Crippen MR) is 106 cm³/mol. The number of rotatable bonds is 6. The van der Waals surface area contributed by atoms with Gasteiger partial charge in [-0.05, 0) is 31.5 Å². The summed E-state index contributed by atoms with van der Waals surface area (Å²) >= 11 is 0. The summed E-state index contributed by atoms with van der Waals surface area (Å²) in [5.41, 5.74) is 4.24. The number of hydrogen-bond donors (Lipinski definition) is 2. The molecule has 6 nitrogen and oxygen atoms in total. The molecule has 1 aliphatic heterocycles. The Bertz CT molecular complexity index is 742. The first kappa shape index (κ1) is 19.3. The number of morpholine rings is 1. The van der Waals surface area contributed by atoms with E-state index in [1.54, 1.807) is 0 Å². The zero-order chi connectivity index (χ0) is 19.1. The van der Waals surface area contributed by atoms with Gasteiger partial charge in [0.1, 0.15) is 0 Å². The van der Waals surface area contributed by atoms with E-state index in [2.05, 4.69) is 51.7 Å². The van der Waals surface area contributed by atoms with Crippen molar-refractivity contribution >= 4 is 6.03 Å². The number of hydrogen-bond acceptors (Lipinski definition) is 4. The highest BCUT2D eigenvalue weighted by atomic mass is 16.5. The van der Waals surface area contributed by atoms with Gasteiger partial charge >= 0.3 is 6.03 Å². The first-order valence-corrected chi connectivity index (χ1v) is 9.44. The molecule has 1 aromatic carbocycles. The van der Waals surface area contributed by atoms with Crippen molar-refractivity contribution in [1.82, 2.24) is 20.5 Å². The van der Waals surface area contributed by atoms with Crippen LogP contribution in [0.3, 0.4) is 0 Å². The number of pyridine rings is 1. The Morgan fingerprint density at radius 3 is 2.56 bits per heavy atom. The van der Waals surface area contributed by atoms with Crippen molar-refractivity contribution in [3.63, 3.8) is 0 Å². The van der Waals surface area contributed by atoms with Crippen molar-refractivity contribution in [2.75, 3.05) is 32.8 Å². The van der Waals surface area contributed by atoms with Crippen LogP contribution in [0.25, 0.3) is 0 Å². The second-order valence-electron chi connectivity index (χ2n) is 6.91. The molecule has 1 aromatic heterocycles. The second-order valence-corrected chi connectivity index (χ2v) is 6.91. The lowest BCUT2D eigenvalue weighted by molar-refractivity contribution is 0.0167. The Balaban J connectivity index is 1.58. The lowest BCUT2D eigenvalue weighted by Gasteiger charge is -2.35. The molecular weight excluding hydrogens is 340 g/mol. The molecule has 0 saturated carbocycles. The van der Waals surface area contributed by atoms with Gasteiger partial charge in [-0.25, -0.2) is 4.79 Å². The normalized spacial score (nSPS) is 15.9. The minimum atomic E-state index is -0.177. The molecule has 1 unspecified atom stereocenters. The highest BCUT2D eigenvalue weighted by Crippen LogP contribution is 2.21. The Morgan fingerprint density at radius 2 is 1.85 bits per heavy atom. The van der Waals surface area contributed by atoms with Crippen molar-refractivity contribution in [1.29, 1.82) is 0 Å². The number of nitrogens with one attached hydrogen (secondary N) is 2. The van der Waals surface area contributed by atoms with Crippen LogP contribution in [0.5, 0.6) is 0 Å². The number of aromatic nitrogens is 1. The summed E-state index contributed by atoms with van der Waals surface area (Å²) < 4.78 is 5.48. The quantitative estimate of drug-likeness (QED) is 0.822. The van der Waals surface area contributed by atoms with Gasteiger partial charge in [-0.1, -0.05) is 35.9 Å². The summed E-state index contributed by atoms with van der Waals surface area (Å²) in [4.78, 5) is 19.1. The van der Waals surface area contributed by atoms with Crippen LogP contribution in [-0.4, -0.2) is 48.8 Å². The van der Waals surface area contributed by atoms with Gasteiger partial charge < -0.3 is 15.4 Å². The van der Waals surface area contributed by atoms with E-state index in [1.807, 2.05) is 25.1 Å². The molecule has 1 fully saturated rings. The third-order valence-corrected chi connectivity index (χ3v) is 4.78. The number of amides is 2. The van der Waals surface area contributed by atoms with Gasteiger partial charge in [-0.2, -0.15) is 0 Å². The zero-order valence-electron chi connectivity index (χ0n) is 16.1. The monoisotopic (exact) mass is 368 g/mol. The van der Waals surface area contributed by atoms with Gasteiger partial charge in [0.25, 0.3) is 0 Å². The second kappa shape index (κ2) is 9.48. The first-order valence-electron chi connectivity index (χ1n) is 9.44. The standard InChI is InChI=1S/C21H28N4O2/c1-16-6-8-18(9-7-16)20(25-10-12-27-13-11-25)15-23-21(26)22-14-19-5-3-4-17(2)24-19/h3-9,20H,10-15H2,1-2H3,(H2,22,23,26). The van der Waals surface area contributed by atoms with Gasteiger partial charge in [0.15, 0.2) is 0 Å². The number of carbonyl (C=O) groups is 1. The minimum absolute atomic E-state index is 0.136. The molecular formula is C21H28N4O2. The molecule has 3 rings (SSSR count). The molecule has 2 heterocycles. The van der Waals surface area contributed by atoms with Gasteiger partial charge in [-0.15, -0.1) is 0 Å². The average Bonchev–Trinajstić information content (AvgIpc) is 2.69. The zero-order valence-corrected chi connectivity index (χ0v) is 16.1. The fraction of sp³-hybridized carbons (Fsp3) is 0.429. The Morgan fingerprint density at radius 1 is 1.11 bits per heavy atom. The maximum atomic E-state index is 12.3. The van der Waals surface area contributed by atoms with Crippen LogP contribution in [-0.2, 0) is 11.3 Å². The van der Waals surface area contributed by atoms with Crippen LogP contribution in [0, 0.1) is 13.8 Å². The number of ether oxygens (including phenoxy) is 1. The van der Waals surface area contributed by atoms with Crippen molar-refractivity contribution in [3.8, 4) is 0 Å². The number of urea groups is 1. The van der Waals surface area contributed by atoms with E-state index in [1.165, 1.54) is 11.1 Å². The van der Waals surface area contributed by atoms with Crippen LogP contribution >= 0.6 is 0 Å². The lowest BCUT2D eigenvalue weighted by atomic mass is 10.0. The fourth-order valence-electron chi connectivity index (χ4n) is 3.26. The topological polar surface area (TPSA) is 66.5 Å². The molecule has 1 aliphatic rings. The summed E-state index contributed by atoms with van der Waals surface area (Å²) in [6.45, 7) is 8.19. The Hall–Kier alpha value is -2.44. The van der Waals surface area contributed by atoms with Crippen LogP contribution in [0.4, 0.5) is 4.79 Å². The summed E-state index contributed by atoms with van der Waals surface area (Å²) in [5, 5.41) is 5.91. The van der Waals surface area contributed by atoms with E-state index in [0.717, 1.165) is 37.7 Å². The minimum Gasteiger partial charge on any atom is -0.379 e. The predicted octanol–water partition coefficient (Wildman–Crippen LogP) is 2.57. The summed E-state index contributed by atoms with van der Waals surface area (Å²) in [7, 11) is 0. The van der Waals surface area contributed by atoms with E-state index in [4.69, 9.17) is 4.74 Å². The number of nitrogens with zero attached hydrogens (tertiary/aromatic N) is 2. The van der Waals surface area contributed by atoms with Crippen molar-refractivity contribution in [3.05, 3.63) is 65.0 Å². The highest BCUT2D eigenvalue weighted by Gasteiger charge is 2.23. The van der Waals surface area contributed by atoms with Gasteiger partial charge in [0.2, 0.25) is 0 Å². The summed E-state index contributed by atoms with van der Waals surface area (Å²) in [5.74, 6) is 0. The smallest absolute Gasteiger partial charge is 0.315 e. The third-order valence-electron chi connectivity index (χ3n) is 4.78. The number of benzene rings is 1. The van der Waals surface area contributed by atoms with Crippen LogP contribution in [0.2, 0.25) is 0 Å². The summed E-state index contributed by atoms with van der Waals surface area (Å²) in [6, 6.07) is 14.3. The van der Waals surface area contributed by atoms with Gasteiger partial charge in [0, 0.05) is 25.3 Å². The molecule has 6 heteroatoms. The Kier molecular flexibility index (Phi) is 6.79. The molecule has 0 bridgehead atoms. The SMILES string of the molecule is Cc1ccc(C(CNC(=O)NCc2cccc(C)n2)N2CCOCC2)cc1. The van der Waals surface area contributed by atoms with Crippen LogP contribution < -0.4 is 10.6 Å². The van der Waals surface area contributed by atoms with E-state index in [9.17, 15) is 4.79 Å². The maximum Gasteiger partial charge on any atom is 0.315 e. The highest BCUT2D eigenvalue weighted by molar-refractivity contribution is 5.73. The molecule has 2 N–H and O–H groups in total. The molecule has 1 atom stereocenters. The first-order chi connectivity index (χ1) is 13.1. The lowest BCUT2D eigenvalue weighted by Crippen LogP contribution is -2.45. The molecule has 2 aromatic rings. The van der Waals surface area contributed by atoms with Gasteiger partial charge in [-0.3, -0.25) is 9.88 Å². The molecule has 27 heavy (non-hydrogen) atoms. The van der Waals surface area contributed by atoms with E-state index in [-0.39, 0.29) is 12.1 Å². The van der Waals surface area contributed by atoms with Gasteiger partial charge in [0.05, 0.1) is 31.5 Å². The molecule has 144 valence electrons. The van der Waals surface area contributed by atoms with Crippen LogP contribution in [0.15, 0.2) is 42.5 Å². The van der Waals surface area contributed by atoms with E-state index in [0.29, 0.717) is 13.1 Å². The van der Waals surface area contributed by atoms with E-state index >= 15 is 0 Å². The Labute approximate surface area is 160 Å². The van der Waals surface area contributed by atoms with Crippen molar-refractivity contribution in [2.45, 2.75) is 26.4 Å². The fourth-order valence-corrected chi connectivity index (χ4v) is 3.26. The third kappa shape index (κ3) is 5.77. The van der Waals surface area contributed by atoms with E-state index < -0.39 is 0 Å². The van der Waals surface area contributed by atoms with Crippen molar-refractivity contribution < 1.29 is 9.53 Å². The van der Waals surface area contributed by atoms with Crippen molar-refractivity contribution in [2.24, 2.45) is 0 Å². The largest absolute Gasteiger partial charge is 0.379 e. The molecule has 2 amide bonds. The molecule has 0 radical (unpaired) electrons. The number of carbonyl (C=O) groups excluding carboxylic acids is 1. The molecule has 0 aliphatic carbocycles.